The van der Waals surface area contributed by atoms with Gasteiger partial charge >= 0.3 is 5.97 Å². The SMILES string of the molecule is CCOC(=O)c1cnn(-c2ccc(C(=O)Nc3cc(Cl)ccc3-n3cncn3)cc2)c1C. The summed E-state index contributed by atoms with van der Waals surface area (Å²) in [6, 6.07) is 12.0. The number of nitrogens with zero attached hydrogens (tertiary/aromatic N) is 5. The van der Waals surface area contributed by atoms with Gasteiger partial charge < -0.3 is 10.1 Å². The van der Waals surface area contributed by atoms with E-state index < -0.39 is 5.97 Å². The fourth-order valence-electron chi connectivity index (χ4n) is 3.17. The Morgan fingerprint density at radius 2 is 1.91 bits per heavy atom. The van der Waals surface area contributed by atoms with Crippen molar-refractivity contribution in [3.8, 4) is 11.4 Å². The fraction of sp³-hybridized carbons (Fsp3) is 0.136. The molecule has 2 heterocycles. The summed E-state index contributed by atoms with van der Waals surface area (Å²) in [5, 5.41) is 11.7. The van der Waals surface area contributed by atoms with Crippen LogP contribution in [0.5, 0.6) is 0 Å². The number of nitrogens with one attached hydrogen (secondary N) is 1. The molecule has 32 heavy (non-hydrogen) atoms. The van der Waals surface area contributed by atoms with Gasteiger partial charge in [0.05, 0.1) is 35.6 Å². The third-order valence-corrected chi connectivity index (χ3v) is 4.99. The Morgan fingerprint density at radius 1 is 1.12 bits per heavy atom. The van der Waals surface area contributed by atoms with E-state index in [1.165, 1.54) is 23.5 Å². The minimum Gasteiger partial charge on any atom is -0.462 e. The molecule has 0 aliphatic heterocycles. The summed E-state index contributed by atoms with van der Waals surface area (Å²) in [5.74, 6) is -0.735. The van der Waals surface area contributed by atoms with Crippen LogP contribution in [0, 0.1) is 6.92 Å². The zero-order valence-corrected chi connectivity index (χ0v) is 18.1. The van der Waals surface area contributed by atoms with Gasteiger partial charge in [0.15, 0.2) is 0 Å². The lowest BCUT2D eigenvalue weighted by Crippen LogP contribution is -2.14. The molecule has 0 atom stereocenters. The van der Waals surface area contributed by atoms with Gasteiger partial charge in [0, 0.05) is 10.6 Å². The number of halogens is 1. The van der Waals surface area contributed by atoms with E-state index in [1.54, 1.807) is 61.0 Å². The maximum absolute atomic E-state index is 12.8. The van der Waals surface area contributed by atoms with Crippen LogP contribution in [0.2, 0.25) is 5.02 Å². The number of anilines is 1. The number of rotatable bonds is 6. The van der Waals surface area contributed by atoms with Crippen molar-refractivity contribution in [1.29, 1.82) is 0 Å². The highest BCUT2D eigenvalue weighted by atomic mass is 35.5. The van der Waals surface area contributed by atoms with Crippen LogP contribution in [0.1, 0.15) is 33.3 Å². The Labute approximate surface area is 188 Å². The average Bonchev–Trinajstić information content (AvgIpc) is 3.44. The number of carbonyl (C=O) groups is 2. The summed E-state index contributed by atoms with van der Waals surface area (Å²) >= 11 is 6.12. The van der Waals surface area contributed by atoms with Crippen LogP contribution in [0.3, 0.4) is 0 Å². The predicted molar refractivity (Wildman–Crippen MR) is 119 cm³/mol. The van der Waals surface area contributed by atoms with Crippen LogP contribution < -0.4 is 5.32 Å². The lowest BCUT2D eigenvalue weighted by Gasteiger charge is -2.12. The smallest absolute Gasteiger partial charge is 0.341 e. The Balaban J connectivity index is 1.55. The number of hydrogen-bond donors (Lipinski definition) is 1. The molecular formula is C22H19ClN6O3. The van der Waals surface area contributed by atoms with Crippen LogP contribution >= 0.6 is 11.6 Å². The highest BCUT2D eigenvalue weighted by Crippen LogP contribution is 2.25. The van der Waals surface area contributed by atoms with Crippen molar-refractivity contribution < 1.29 is 14.3 Å². The summed E-state index contributed by atoms with van der Waals surface area (Å²) in [6.07, 6.45) is 4.41. The van der Waals surface area contributed by atoms with Crippen molar-refractivity contribution in [2.24, 2.45) is 0 Å². The molecule has 0 unspecified atom stereocenters. The molecular weight excluding hydrogens is 432 g/mol. The maximum Gasteiger partial charge on any atom is 0.341 e. The molecule has 4 rings (SSSR count). The Kier molecular flexibility index (Phi) is 6.00. The maximum atomic E-state index is 12.8. The van der Waals surface area contributed by atoms with E-state index >= 15 is 0 Å². The van der Waals surface area contributed by atoms with Crippen molar-refractivity contribution in [3.63, 3.8) is 0 Å². The zero-order valence-electron chi connectivity index (χ0n) is 17.3. The first-order valence-corrected chi connectivity index (χ1v) is 10.1. The Morgan fingerprint density at radius 3 is 2.59 bits per heavy atom. The van der Waals surface area contributed by atoms with Crippen molar-refractivity contribution >= 4 is 29.2 Å². The second-order valence-corrected chi connectivity index (χ2v) is 7.21. The van der Waals surface area contributed by atoms with Gasteiger partial charge in [-0.1, -0.05) is 11.6 Å². The molecule has 2 aromatic heterocycles. The van der Waals surface area contributed by atoms with Gasteiger partial charge in [0.1, 0.15) is 18.2 Å². The summed E-state index contributed by atoms with van der Waals surface area (Å²) in [5.41, 5.74) is 3.33. The van der Waals surface area contributed by atoms with E-state index in [0.717, 1.165) is 0 Å². The van der Waals surface area contributed by atoms with Crippen molar-refractivity contribution in [2.75, 3.05) is 11.9 Å². The molecule has 2 aromatic carbocycles. The van der Waals surface area contributed by atoms with E-state index in [0.29, 0.717) is 45.5 Å². The molecule has 162 valence electrons. The topological polar surface area (TPSA) is 104 Å². The first-order valence-electron chi connectivity index (χ1n) is 9.76. The molecule has 0 radical (unpaired) electrons. The number of hydrogen-bond acceptors (Lipinski definition) is 6. The third kappa shape index (κ3) is 4.23. The van der Waals surface area contributed by atoms with Gasteiger partial charge in [-0.05, 0) is 56.3 Å². The van der Waals surface area contributed by atoms with Gasteiger partial charge in [-0.2, -0.15) is 10.2 Å². The highest BCUT2D eigenvalue weighted by molar-refractivity contribution is 6.31. The van der Waals surface area contributed by atoms with Gasteiger partial charge in [-0.3, -0.25) is 4.79 Å². The van der Waals surface area contributed by atoms with Gasteiger partial charge in [0.2, 0.25) is 0 Å². The number of ether oxygens (including phenoxy) is 1. The number of carbonyl (C=O) groups excluding carboxylic acids is 2. The predicted octanol–water partition coefficient (Wildman–Crippen LogP) is 3.84. The largest absolute Gasteiger partial charge is 0.462 e. The molecule has 0 fully saturated rings. The molecule has 0 spiro atoms. The molecule has 0 aliphatic carbocycles. The first kappa shape index (κ1) is 21.3. The van der Waals surface area contributed by atoms with Crippen molar-refractivity contribution in [1.82, 2.24) is 24.5 Å². The molecule has 0 saturated heterocycles. The van der Waals surface area contributed by atoms with Crippen LogP contribution in [0.15, 0.2) is 61.3 Å². The van der Waals surface area contributed by atoms with E-state index in [9.17, 15) is 9.59 Å². The van der Waals surface area contributed by atoms with E-state index in [1.807, 2.05) is 0 Å². The van der Waals surface area contributed by atoms with Crippen molar-refractivity contribution in [3.05, 3.63) is 83.2 Å². The zero-order chi connectivity index (χ0) is 22.7. The standard InChI is InChI=1S/C22H19ClN6O3/c1-3-32-22(31)18-11-25-29(14(18)2)17-7-4-15(5-8-17)21(30)27-19-10-16(23)6-9-20(19)28-13-24-12-26-28/h4-13H,3H2,1-2H3,(H,27,30). The third-order valence-electron chi connectivity index (χ3n) is 4.75. The lowest BCUT2D eigenvalue weighted by molar-refractivity contribution is 0.0525. The van der Waals surface area contributed by atoms with E-state index in [-0.39, 0.29) is 5.91 Å². The molecule has 0 aliphatic rings. The van der Waals surface area contributed by atoms with Crippen LogP contribution in [0.4, 0.5) is 5.69 Å². The average molecular weight is 451 g/mol. The van der Waals surface area contributed by atoms with Crippen LogP contribution in [-0.2, 0) is 4.74 Å². The van der Waals surface area contributed by atoms with Crippen LogP contribution in [0.25, 0.3) is 11.4 Å². The van der Waals surface area contributed by atoms with E-state index in [2.05, 4.69) is 20.5 Å². The summed E-state index contributed by atoms with van der Waals surface area (Å²) in [4.78, 5) is 28.8. The summed E-state index contributed by atoms with van der Waals surface area (Å²) < 4.78 is 8.20. The van der Waals surface area contributed by atoms with Gasteiger partial charge in [-0.15, -0.1) is 0 Å². The van der Waals surface area contributed by atoms with Crippen LogP contribution in [-0.4, -0.2) is 43.0 Å². The summed E-state index contributed by atoms with van der Waals surface area (Å²) in [7, 11) is 0. The number of esters is 1. The van der Waals surface area contributed by atoms with Gasteiger partial charge in [-0.25, -0.2) is 19.1 Å². The molecule has 1 N–H and O–H groups in total. The monoisotopic (exact) mass is 450 g/mol. The number of benzene rings is 2. The van der Waals surface area contributed by atoms with Gasteiger partial charge in [0.25, 0.3) is 5.91 Å². The molecule has 1 amide bonds. The fourth-order valence-corrected chi connectivity index (χ4v) is 3.34. The Bertz CT molecular complexity index is 1270. The molecule has 10 heteroatoms. The molecule has 9 nitrogen and oxygen atoms in total. The minimum atomic E-state index is -0.419. The number of aromatic nitrogens is 5. The molecule has 4 aromatic rings. The normalized spacial score (nSPS) is 10.7. The molecule has 0 bridgehead atoms. The molecule has 0 saturated carbocycles. The first-order chi connectivity index (χ1) is 15.5. The second-order valence-electron chi connectivity index (χ2n) is 6.78. The highest BCUT2D eigenvalue weighted by Gasteiger charge is 2.17. The number of amides is 1. The minimum absolute atomic E-state index is 0.290. The van der Waals surface area contributed by atoms with Crippen molar-refractivity contribution in [2.45, 2.75) is 13.8 Å². The quantitative estimate of drug-likeness (QED) is 0.447. The second kappa shape index (κ2) is 9.03. The summed E-state index contributed by atoms with van der Waals surface area (Å²) in [6.45, 7) is 3.82. The lowest BCUT2D eigenvalue weighted by atomic mass is 10.1. The Hall–Kier alpha value is -3.98. The van der Waals surface area contributed by atoms with E-state index in [4.69, 9.17) is 16.3 Å².